The van der Waals surface area contributed by atoms with Gasteiger partial charge in [-0.15, -0.1) is 0 Å². The van der Waals surface area contributed by atoms with Crippen molar-refractivity contribution in [1.29, 1.82) is 0 Å². The molecule has 0 saturated heterocycles. The number of pyridine rings is 1. The van der Waals surface area contributed by atoms with Crippen LogP contribution in [0.2, 0.25) is 5.02 Å². The van der Waals surface area contributed by atoms with Crippen LogP contribution in [0, 0.1) is 18.6 Å². The Kier molecular flexibility index (Phi) is 8.29. The first-order valence-electron chi connectivity index (χ1n) is 11.0. The number of allylic oxidation sites excluding steroid dienone is 3. The summed E-state index contributed by atoms with van der Waals surface area (Å²) in [5.41, 5.74) is -0.301. The Morgan fingerprint density at radius 2 is 2.00 bits per heavy atom. The summed E-state index contributed by atoms with van der Waals surface area (Å²) >= 11 is 6.29. The van der Waals surface area contributed by atoms with Crippen molar-refractivity contribution in [1.82, 2.24) is 24.5 Å². The number of nitrogens with zero attached hydrogens (tertiary/aromatic N) is 6. The van der Waals surface area contributed by atoms with Crippen LogP contribution in [0.25, 0.3) is 11.4 Å². The van der Waals surface area contributed by atoms with Gasteiger partial charge in [-0.05, 0) is 53.5 Å². The Bertz CT molecular complexity index is 1470. The molecule has 0 amide bonds. The van der Waals surface area contributed by atoms with Crippen LogP contribution in [0.15, 0.2) is 46.0 Å². The van der Waals surface area contributed by atoms with Crippen molar-refractivity contribution in [3.63, 3.8) is 0 Å². The third-order valence-electron chi connectivity index (χ3n) is 5.06. The summed E-state index contributed by atoms with van der Waals surface area (Å²) < 4.78 is 33.7. The van der Waals surface area contributed by atoms with E-state index in [1.54, 1.807) is 46.8 Å². The molecule has 9 nitrogen and oxygen atoms in total. The number of ether oxygens (including phenoxy) is 1. The lowest BCUT2D eigenvalue weighted by molar-refractivity contribution is 0.0686. The Morgan fingerprint density at radius 1 is 1.30 bits per heavy atom. The molecule has 3 heterocycles. The summed E-state index contributed by atoms with van der Waals surface area (Å²) in [7, 11) is 0. The maximum absolute atomic E-state index is 13.9. The molecule has 194 valence electrons. The maximum atomic E-state index is 13.9. The second-order valence-electron chi connectivity index (χ2n) is 8.69. The van der Waals surface area contributed by atoms with E-state index in [4.69, 9.17) is 16.3 Å². The molecule has 0 unspecified atom stereocenters. The third kappa shape index (κ3) is 6.30. The largest absolute Gasteiger partial charge is 0.470 e. The van der Waals surface area contributed by atoms with Gasteiger partial charge in [0.15, 0.2) is 16.7 Å². The Hall–Kier alpha value is -3.83. The van der Waals surface area contributed by atoms with Crippen molar-refractivity contribution in [2.45, 2.75) is 46.8 Å². The number of aryl methyl sites for hydroxylation is 1. The predicted molar refractivity (Wildman–Crippen MR) is 136 cm³/mol. The van der Waals surface area contributed by atoms with Crippen molar-refractivity contribution in [3.8, 4) is 5.88 Å². The van der Waals surface area contributed by atoms with E-state index in [9.17, 15) is 18.7 Å². The molecule has 12 heteroatoms. The molecule has 3 aromatic rings. The number of aliphatic imine (C=N–C) groups is 1. The summed E-state index contributed by atoms with van der Waals surface area (Å²) in [6.07, 6.45) is 3.92. The average molecular weight is 531 g/mol. The van der Waals surface area contributed by atoms with Crippen molar-refractivity contribution in [2.75, 3.05) is 0 Å². The number of halogens is 3. The molecule has 0 aliphatic carbocycles. The van der Waals surface area contributed by atoms with Crippen LogP contribution >= 0.6 is 11.6 Å². The van der Waals surface area contributed by atoms with E-state index in [0.29, 0.717) is 28.7 Å². The zero-order chi connectivity index (χ0) is 27.5. The highest BCUT2D eigenvalue weighted by atomic mass is 35.5. The van der Waals surface area contributed by atoms with Crippen molar-refractivity contribution in [2.24, 2.45) is 4.99 Å². The van der Waals surface area contributed by atoms with Gasteiger partial charge in [0.05, 0.1) is 23.3 Å². The van der Waals surface area contributed by atoms with E-state index < -0.39 is 29.4 Å². The minimum atomic E-state index is -1.28. The summed E-state index contributed by atoms with van der Waals surface area (Å²) in [5.74, 6) is -1.56. The van der Waals surface area contributed by atoms with Crippen molar-refractivity contribution < 1.29 is 18.6 Å². The fourth-order valence-corrected chi connectivity index (χ4v) is 3.39. The predicted octanol–water partition coefficient (Wildman–Crippen LogP) is 4.47. The molecule has 3 rings (SSSR count). The van der Waals surface area contributed by atoms with Crippen LogP contribution in [-0.4, -0.2) is 36.3 Å². The highest BCUT2D eigenvalue weighted by Crippen LogP contribution is 2.26. The van der Waals surface area contributed by atoms with Crippen molar-refractivity contribution >= 4 is 29.7 Å². The number of hydrogen-bond donors (Lipinski definition) is 1. The Balaban J connectivity index is 2.04. The van der Waals surface area contributed by atoms with Crippen LogP contribution in [0.4, 0.5) is 8.78 Å². The lowest BCUT2D eigenvalue weighted by atomic mass is 10.1. The Labute approximate surface area is 216 Å². The minimum absolute atomic E-state index is 0.175. The smallest absolute Gasteiger partial charge is 0.280 e. The maximum Gasteiger partial charge on any atom is 0.280 e. The van der Waals surface area contributed by atoms with Crippen LogP contribution in [0.3, 0.4) is 0 Å². The molecule has 0 bridgehead atoms. The number of rotatable bonds is 8. The summed E-state index contributed by atoms with van der Waals surface area (Å²) in [6, 6.07) is 2.27. The van der Waals surface area contributed by atoms with E-state index >= 15 is 0 Å². The van der Waals surface area contributed by atoms with Gasteiger partial charge in [-0.25, -0.2) is 18.7 Å². The number of aliphatic hydroxyl groups is 1. The van der Waals surface area contributed by atoms with Gasteiger partial charge in [0.2, 0.25) is 5.88 Å². The number of hydrogen-bond acceptors (Lipinski definition) is 8. The van der Waals surface area contributed by atoms with Gasteiger partial charge in [-0.2, -0.15) is 4.98 Å². The van der Waals surface area contributed by atoms with Gasteiger partial charge in [0.1, 0.15) is 29.5 Å². The van der Waals surface area contributed by atoms with E-state index in [0.717, 1.165) is 6.20 Å². The zero-order valence-corrected chi connectivity index (χ0v) is 21.6. The molecule has 0 spiro atoms. The highest BCUT2D eigenvalue weighted by Gasteiger charge is 2.22. The van der Waals surface area contributed by atoms with Crippen LogP contribution < -0.4 is 10.3 Å². The van der Waals surface area contributed by atoms with Crippen molar-refractivity contribution in [3.05, 3.63) is 86.2 Å². The molecule has 0 aromatic carbocycles. The lowest BCUT2D eigenvalue weighted by Crippen LogP contribution is -2.25. The zero-order valence-electron chi connectivity index (χ0n) is 20.9. The topological polar surface area (TPSA) is 115 Å². The Morgan fingerprint density at radius 3 is 2.59 bits per heavy atom. The molecular formula is C25H25ClF2N6O3. The first-order chi connectivity index (χ1) is 17.3. The molecule has 0 radical (unpaired) electrons. The third-order valence-corrected chi connectivity index (χ3v) is 5.38. The molecule has 0 aliphatic heterocycles. The van der Waals surface area contributed by atoms with E-state index in [1.807, 2.05) is 0 Å². The quantitative estimate of drug-likeness (QED) is 0.337. The standard InChI is InChI=1S/C25H25ClF2N6O3/c1-13(2)20(10-18(29-6)17-7-8-30-24(33-17)25(4,5)36)34-14(3)32-22(21(26)23(34)35)37-12-19-16(28)9-15(27)11-31-19/h7-11,36H,6,12H2,1-5H3/b18-10-. The summed E-state index contributed by atoms with van der Waals surface area (Å²) in [4.78, 5) is 33.7. The monoisotopic (exact) mass is 530 g/mol. The normalized spacial score (nSPS) is 11.9. The SMILES string of the molecule is C=N/C(=C\C(=C(C)C)n1c(C)nc(OCc2ncc(F)cc2F)c(Cl)c1=O)c1ccnc(C(C)(C)O)n1. The fourth-order valence-electron chi connectivity index (χ4n) is 3.21. The molecule has 3 aromatic heterocycles. The van der Waals surface area contributed by atoms with Gasteiger partial charge in [-0.3, -0.25) is 19.3 Å². The van der Waals surface area contributed by atoms with E-state index in [-0.39, 0.29) is 28.2 Å². The van der Waals surface area contributed by atoms with Gasteiger partial charge in [0, 0.05) is 12.3 Å². The lowest BCUT2D eigenvalue weighted by Gasteiger charge is -2.17. The average Bonchev–Trinajstić information content (AvgIpc) is 2.83. The fraction of sp³-hybridized carbons (Fsp3) is 0.280. The molecule has 1 N–H and O–H groups in total. The van der Waals surface area contributed by atoms with E-state index in [2.05, 4.69) is 31.6 Å². The first kappa shape index (κ1) is 27.8. The summed E-state index contributed by atoms with van der Waals surface area (Å²) in [5, 5.41) is 9.92. The van der Waals surface area contributed by atoms with Gasteiger partial charge >= 0.3 is 0 Å². The molecule has 0 atom stereocenters. The van der Waals surface area contributed by atoms with Gasteiger partial charge < -0.3 is 9.84 Å². The van der Waals surface area contributed by atoms with Gasteiger partial charge in [0.25, 0.3) is 5.56 Å². The second kappa shape index (κ2) is 11.1. The summed E-state index contributed by atoms with van der Waals surface area (Å²) in [6.45, 7) is 11.4. The van der Waals surface area contributed by atoms with Crippen LogP contribution in [0.1, 0.15) is 50.7 Å². The van der Waals surface area contributed by atoms with Crippen LogP contribution in [-0.2, 0) is 12.2 Å². The van der Waals surface area contributed by atoms with E-state index in [1.165, 1.54) is 10.8 Å². The molecule has 0 aliphatic rings. The molecule has 37 heavy (non-hydrogen) atoms. The molecule has 0 saturated carbocycles. The molecular weight excluding hydrogens is 506 g/mol. The van der Waals surface area contributed by atoms with Crippen LogP contribution in [0.5, 0.6) is 5.88 Å². The first-order valence-corrected chi connectivity index (χ1v) is 11.4. The van der Waals surface area contributed by atoms with Gasteiger partial charge in [-0.1, -0.05) is 17.2 Å². The number of aromatic nitrogens is 5. The molecule has 0 fully saturated rings. The minimum Gasteiger partial charge on any atom is -0.470 e. The highest BCUT2D eigenvalue weighted by molar-refractivity contribution is 6.31. The second-order valence-corrected chi connectivity index (χ2v) is 9.06.